The van der Waals surface area contributed by atoms with E-state index in [-0.39, 0.29) is 16.8 Å². The minimum Gasteiger partial charge on any atom is -0.478 e. The molecular formula is C14H12N2O4. The van der Waals surface area contributed by atoms with E-state index in [4.69, 9.17) is 5.11 Å². The van der Waals surface area contributed by atoms with Crippen molar-refractivity contribution in [2.75, 3.05) is 5.32 Å². The molecule has 102 valence electrons. The third-order valence-corrected chi connectivity index (χ3v) is 2.75. The molecule has 0 saturated heterocycles. The van der Waals surface area contributed by atoms with Crippen LogP contribution in [0.2, 0.25) is 0 Å². The molecule has 0 aliphatic rings. The number of nitrogens with one attached hydrogen (secondary N) is 2. The number of carbonyl (C=O) groups excluding carboxylic acids is 1. The Labute approximate surface area is 114 Å². The molecule has 0 unspecified atom stereocenters. The number of aromatic nitrogens is 1. The van der Waals surface area contributed by atoms with E-state index < -0.39 is 11.9 Å². The molecule has 20 heavy (non-hydrogen) atoms. The topological polar surface area (TPSA) is 99.3 Å². The zero-order valence-electron chi connectivity index (χ0n) is 10.6. The van der Waals surface area contributed by atoms with Gasteiger partial charge < -0.3 is 15.4 Å². The third-order valence-electron chi connectivity index (χ3n) is 2.75. The number of pyridine rings is 1. The summed E-state index contributed by atoms with van der Waals surface area (Å²) in [7, 11) is 0. The van der Waals surface area contributed by atoms with Crippen LogP contribution in [-0.4, -0.2) is 22.0 Å². The highest BCUT2D eigenvalue weighted by atomic mass is 16.4. The van der Waals surface area contributed by atoms with E-state index in [0.29, 0.717) is 5.69 Å². The van der Waals surface area contributed by atoms with E-state index in [0.717, 1.165) is 5.56 Å². The molecule has 0 bridgehead atoms. The maximum absolute atomic E-state index is 12.0. The Kier molecular flexibility index (Phi) is 3.65. The molecule has 0 spiro atoms. The van der Waals surface area contributed by atoms with Gasteiger partial charge in [-0.3, -0.25) is 9.59 Å². The summed E-state index contributed by atoms with van der Waals surface area (Å²) in [5.41, 5.74) is 0.917. The van der Waals surface area contributed by atoms with Gasteiger partial charge >= 0.3 is 5.97 Å². The summed E-state index contributed by atoms with van der Waals surface area (Å²) in [5, 5.41) is 11.5. The van der Waals surface area contributed by atoms with Gasteiger partial charge in [-0.05, 0) is 30.7 Å². The Bertz CT molecular complexity index is 734. The summed E-state index contributed by atoms with van der Waals surface area (Å²) in [6.07, 6.45) is 0. The summed E-state index contributed by atoms with van der Waals surface area (Å²) >= 11 is 0. The van der Waals surface area contributed by atoms with Gasteiger partial charge in [-0.1, -0.05) is 12.1 Å². The molecule has 1 aromatic carbocycles. The van der Waals surface area contributed by atoms with Gasteiger partial charge in [0.15, 0.2) is 0 Å². The quantitative estimate of drug-likeness (QED) is 0.790. The molecule has 0 saturated carbocycles. The fourth-order valence-corrected chi connectivity index (χ4v) is 1.66. The number of H-pyrrole nitrogens is 1. The molecule has 0 aliphatic heterocycles. The van der Waals surface area contributed by atoms with Crippen molar-refractivity contribution in [3.63, 3.8) is 0 Å². The summed E-state index contributed by atoms with van der Waals surface area (Å²) in [5.74, 6) is -1.58. The second kappa shape index (κ2) is 5.40. The van der Waals surface area contributed by atoms with Crippen molar-refractivity contribution in [1.82, 2.24) is 4.98 Å². The lowest BCUT2D eigenvalue weighted by atomic mass is 10.1. The molecule has 0 fully saturated rings. The van der Waals surface area contributed by atoms with Crippen molar-refractivity contribution < 1.29 is 14.7 Å². The van der Waals surface area contributed by atoms with Crippen LogP contribution in [0.3, 0.4) is 0 Å². The molecule has 2 rings (SSSR count). The van der Waals surface area contributed by atoms with Gasteiger partial charge in [0.05, 0.1) is 5.56 Å². The number of carboxylic acids is 1. The number of benzene rings is 1. The highest BCUT2D eigenvalue weighted by Gasteiger charge is 2.11. The molecule has 3 N–H and O–H groups in total. The fourth-order valence-electron chi connectivity index (χ4n) is 1.66. The zero-order valence-corrected chi connectivity index (χ0v) is 10.6. The number of aromatic carboxylic acids is 1. The van der Waals surface area contributed by atoms with E-state index in [1.54, 1.807) is 13.0 Å². The first kappa shape index (κ1) is 13.5. The summed E-state index contributed by atoms with van der Waals surface area (Å²) in [6, 6.07) is 8.66. The van der Waals surface area contributed by atoms with Crippen LogP contribution in [0.25, 0.3) is 0 Å². The van der Waals surface area contributed by atoms with Gasteiger partial charge in [-0.25, -0.2) is 4.79 Å². The largest absolute Gasteiger partial charge is 0.478 e. The van der Waals surface area contributed by atoms with Gasteiger partial charge in [-0.15, -0.1) is 0 Å². The molecule has 6 nitrogen and oxygen atoms in total. The summed E-state index contributed by atoms with van der Waals surface area (Å²) in [4.78, 5) is 36.4. The second-order valence-corrected chi connectivity index (χ2v) is 4.22. The average Bonchev–Trinajstić information content (AvgIpc) is 2.41. The van der Waals surface area contributed by atoms with Crippen LogP contribution in [-0.2, 0) is 0 Å². The number of carbonyl (C=O) groups is 2. The van der Waals surface area contributed by atoms with Crippen molar-refractivity contribution in [1.29, 1.82) is 0 Å². The lowest BCUT2D eigenvalue weighted by Crippen LogP contribution is -2.18. The van der Waals surface area contributed by atoms with Gasteiger partial charge in [0, 0.05) is 11.8 Å². The molecule has 1 aromatic heterocycles. The lowest BCUT2D eigenvalue weighted by molar-refractivity contribution is 0.0696. The highest BCUT2D eigenvalue weighted by molar-refractivity contribution is 6.03. The van der Waals surface area contributed by atoms with Crippen LogP contribution in [0, 0.1) is 6.92 Å². The molecule has 0 atom stereocenters. The minimum atomic E-state index is -1.08. The molecule has 1 amide bonds. The number of carboxylic acid groups (broad SMARTS) is 1. The molecule has 0 aliphatic carbocycles. The molecule has 2 aromatic rings. The van der Waals surface area contributed by atoms with Gasteiger partial charge in [-0.2, -0.15) is 0 Å². The minimum absolute atomic E-state index is 0.0763. The first-order chi connectivity index (χ1) is 9.47. The lowest BCUT2D eigenvalue weighted by Gasteiger charge is -2.09. The smallest absolute Gasteiger partial charge is 0.335 e. The van der Waals surface area contributed by atoms with Crippen LogP contribution >= 0.6 is 0 Å². The fraction of sp³-hybridized carbons (Fsp3) is 0.0714. The van der Waals surface area contributed by atoms with E-state index in [9.17, 15) is 14.4 Å². The van der Waals surface area contributed by atoms with Crippen LogP contribution in [0.15, 0.2) is 41.2 Å². The third kappa shape index (κ3) is 2.92. The molecular weight excluding hydrogens is 260 g/mol. The van der Waals surface area contributed by atoms with Crippen LogP contribution in [0.1, 0.15) is 26.4 Å². The Balaban J connectivity index is 2.30. The van der Waals surface area contributed by atoms with Gasteiger partial charge in [0.1, 0.15) is 5.69 Å². The number of rotatable bonds is 3. The Hall–Kier alpha value is -2.89. The Morgan fingerprint density at radius 3 is 2.60 bits per heavy atom. The van der Waals surface area contributed by atoms with E-state index >= 15 is 0 Å². The standard InChI is InChI=1S/C14H12N2O4/c1-8-5-6-9(14(19)20)7-11(8)16-13(18)10-3-2-4-12(17)15-10/h2-7H,1H3,(H,15,17)(H,16,18)(H,19,20). The molecule has 0 radical (unpaired) electrons. The first-order valence-corrected chi connectivity index (χ1v) is 5.82. The van der Waals surface area contributed by atoms with Crippen molar-refractivity contribution >= 4 is 17.6 Å². The van der Waals surface area contributed by atoms with E-state index in [1.165, 1.54) is 30.3 Å². The predicted octanol–water partition coefficient (Wildman–Crippen LogP) is 1.63. The van der Waals surface area contributed by atoms with Crippen molar-refractivity contribution in [3.8, 4) is 0 Å². The second-order valence-electron chi connectivity index (χ2n) is 4.22. The maximum atomic E-state index is 12.0. The zero-order chi connectivity index (χ0) is 14.7. The van der Waals surface area contributed by atoms with Crippen molar-refractivity contribution in [2.45, 2.75) is 6.92 Å². The predicted molar refractivity (Wildman–Crippen MR) is 73.2 cm³/mol. The van der Waals surface area contributed by atoms with Crippen LogP contribution < -0.4 is 10.9 Å². The molecule has 6 heteroatoms. The normalized spacial score (nSPS) is 10.1. The van der Waals surface area contributed by atoms with Gasteiger partial charge in [0.2, 0.25) is 5.56 Å². The number of amides is 1. The van der Waals surface area contributed by atoms with Gasteiger partial charge in [0.25, 0.3) is 5.91 Å². The first-order valence-electron chi connectivity index (χ1n) is 5.82. The Morgan fingerprint density at radius 1 is 1.20 bits per heavy atom. The Morgan fingerprint density at radius 2 is 1.95 bits per heavy atom. The SMILES string of the molecule is Cc1ccc(C(=O)O)cc1NC(=O)c1cccc(=O)[nH]1. The van der Waals surface area contributed by atoms with Crippen molar-refractivity contribution in [3.05, 3.63) is 63.6 Å². The number of aryl methyl sites for hydroxylation is 1. The van der Waals surface area contributed by atoms with Crippen LogP contribution in [0.5, 0.6) is 0 Å². The van der Waals surface area contributed by atoms with Crippen LogP contribution in [0.4, 0.5) is 5.69 Å². The number of hydrogen-bond acceptors (Lipinski definition) is 3. The molecule has 1 heterocycles. The highest BCUT2D eigenvalue weighted by Crippen LogP contribution is 2.17. The van der Waals surface area contributed by atoms with Crippen molar-refractivity contribution in [2.24, 2.45) is 0 Å². The van der Waals surface area contributed by atoms with E-state index in [1.807, 2.05) is 0 Å². The maximum Gasteiger partial charge on any atom is 0.335 e. The number of hydrogen-bond donors (Lipinski definition) is 3. The monoisotopic (exact) mass is 272 g/mol. The van der Waals surface area contributed by atoms with E-state index in [2.05, 4.69) is 10.3 Å². The summed E-state index contributed by atoms with van der Waals surface area (Å²) in [6.45, 7) is 1.75. The average molecular weight is 272 g/mol. The number of anilines is 1. The number of aromatic amines is 1. The summed E-state index contributed by atoms with van der Waals surface area (Å²) < 4.78 is 0.